The number of aromatic nitrogens is 2. The summed E-state index contributed by atoms with van der Waals surface area (Å²) >= 11 is 0. The van der Waals surface area contributed by atoms with Gasteiger partial charge in [0, 0.05) is 17.7 Å². The molecular formula is C17H21N3O3S. The molecule has 0 unspecified atom stereocenters. The summed E-state index contributed by atoms with van der Waals surface area (Å²) in [7, 11) is -3.89. The highest BCUT2D eigenvalue weighted by Crippen LogP contribution is 2.21. The van der Waals surface area contributed by atoms with Gasteiger partial charge in [-0.1, -0.05) is 26.0 Å². The summed E-state index contributed by atoms with van der Waals surface area (Å²) in [6, 6.07) is 8.11. The van der Waals surface area contributed by atoms with Gasteiger partial charge in [-0.2, -0.15) is 0 Å². The SMILES string of the molecule is Cc1cc(-c2cccc(S(=O)(=O)NC(=O)CCC(C)C)c2)ncn1. The van der Waals surface area contributed by atoms with Gasteiger partial charge in [0.15, 0.2) is 0 Å². The van der Waals surface area contributed by atoms with Crippen molar-refractivity contribution in [2.24, 2.45) is 5.92 Å². The van der Waals surface area contributed by atoms with Crippen LogP contribution in [0, 0.1) is 12.8 Å². The van der Waals surface area contributed by atoms with E-state index in [9.17, 15) is 13.2 Å². The van der Waals surface area contributed by atoms with Gasteiger partial charge in [0.1, 0.15) is 6.33 Å². The molecular weight excluding hydrogens is 326 g/mol. The Morgan fingerprint density at radius 3 is 2.62 bits per heavy atom. The highest BCUT2D eigenvalue weighted by atomic mass is 32.2. The first kappa shape index (κ1) is 18.1. The minimum absolute atomic E-state index is 0.0363. The fourth-order valence-corrected chi connectivity index (χ4v) is 3.17. The Kier molecular flexibility index (Phi) is 5.66. The number of aryl methyl sites for hydroxylation is 1. The van der Waals surface area contributed by atoms with Crippen LogP contribution in [0.2, 0.25) is 0 Å². The second kappa shape index (κ2) is 7.53. The first-order chi connectivity index (χ1) is 11.3. The van der Waals surface area contributed by atoms with Gasteiger partial charge in [-0.3, -0.25) is 4.79 Å². The minimum Gasteiger partial charge on any atom is -0.274 e. The maximum atomic E-state index is 12.4. The molecule has 0 radical (unpaired) electrons. The number of hydrogen-bond donors (Lipinski definition) is 1. The second-order valence-electron chi connectivity index (χ2n) is 6.03. The molecule has 24 heavy (non-hydrogen) atoms. The van der Waals surface area contributed by atoms with Crippen molar-refractivity contribution in [3.05, 3.63) is 42.4 Å². The van der Waals surface area contributed by atoms with Crippen LogP contribution in [0.25, 0.3) is 11.3 Å². The average Bonchev–Trinajstić information content (AvgIpc) is 2.53. The maximum absolute atomic E-state index is 12.4. The van der Waals surface area contributed by atoms with Crippen LogP contribution in [-0.4, -0.2) is 24.3 Å². The van der Waals surface area contributed by atoms with E-state index >= 15 is 0 Å². The fraction of sp³-hybridized carbons (Fsp3) is 0.353. The van der Waals surface area contributed by atoms with Crippen LogP contribution in [0.1, 0.15) is 32.4 Å². The number of carbonyl (C=O) groups is 1. The van der Waals surface area contributed by atoms with E-state index in [0.717, 1.165) is 5.69 Å². The standard InChI is InChI=1S/C17H21N3O3S/c1-12(2)7-8-17(21)20-24(22,23)15-6-4-5-14(10-15)16-9-13(3)18-11-19-16/h4-6,9-12H,7-8H2,1-3H3,(H,20,21). The molecule has 128 valence electrons. The Labute approximate surface area is 142 Å². The Bertz CT molecular complexity index is 832. The minimum atomic E-state index is -3.89. The molecule has 0 spiro atoms. The number of rotatable bonds is 6. The van der Waals surface area contributed by atoms with Crippen LogP contribution in [0.3, 0.4) is 0 Å². The van der Waals surface area contributed by atoms with Gasteiger partial charge >= 0.3 is 0 Å². The highest BCUT2D eigenvalue weighted by Gasteiger charge is 2.18. The lowest BCUT2D eigenvalue weighted by molar-refractivity contribution is -0.119. The molecule has 0 bridgehead atoms. The molecule has 7 heteroatoms. The van der Waals surface area contributed by atoms with Crippen molar-refractivity contribution in [2.75, 3.05) is 0 Å². The number of carbonyl (C=O) groups excluding carboxylic acids is 1. The van der Waals surface area contributed by atoms with Crippen LogP contribution in [-0.2, 0) is 14.8 Å². The molecule has 1 amide bonds. The number of amides is 1. The van der Waals surface area contributed by atoms with Crippen LogP contribution < -0.4 is 4.72 Å². The van der Waals surface area contributed by atoms with Gasteiger partial charge in [0.25, 0.3) is 10.0 Å². The molecule has 6 nitrogen and oxygen atoms in total. The predicted molar refractivity (Wildman–Crippen MR) is 91.6 cm³/mol. The van der Waals surface area contributed by atoms with Gasteiger partial charge < -0.3 is 0 Å². The van der Waals surface area contributed by atoms with Crippen molar-refractivity contribution < 1.29 is 13.2 Å². The molecule has 1 N–H and O–H groups in total. The van der Waals surface area contributed by atoms with E-state index in [0.29, 0.717) is 23.6 Å². The van der Waals surface area contributed by atoms with Crippen molar-refractivity contribution in [2.45, 2.75) is 38.5 Å². The highest BCUT2D eigenvalue weighted by molar-refractivity contribution is 7.90. The maximum Gasteiger partial charge on any atom is 0.264 e. The molecule has 1 heterocycles. The molecule has 2 aromatic rings. The molecule has 1 aromatic heterocycles. The van der Waals surface area contributed by atoms with E-state index < -0.39 is 15.9 Å². The normalized spacial score (nSPS) is 11.5. The molecule has 1 aromatic carbocycles. The lowest BCUT2D eigenvalue weighted by Crippen LogP contribution is -2.30. The second-order valence-corrected chi connectivity index (χ2v) is 7.72. The molecule has 0 saturated carbocycles. The van der Waals surface area contributed by atoms with E-state index in [1.54, 1.807) is 18.2 Å². The molecule has 0 fully saturated rings. The Morgan fingerprint density at radius 2 is 1.96 bits per heavy atom. The van der Waals surface area contributed by atoms with Gasteiger partial charge in [-0.25, -0.2) is 23.1 Å². The van der Waals surface area contributed by atoms with Gasteiger partial charge in [0.2, 0.25) is 5.91 Å². The van der Waals surface area contributed by atoms with Gasteiger partial charge in [-0.05, 0) is 37.5 Å². The quantitative estimate of drug-likeness (QED) is 0.868. The molecule has 0 aliphatic rings. The van der Waals surface area contributed by atoms with Crippen molar-refractivity contribution in [1.82, 2.24) is 14.7 Å². The van der Waals surface area contributed by atoms with Crippen LogP contribution in [0.15, 0.2) is 41.6 Å². The van der Waals surface area contributed by atoms with E-state index in [-0.39, 0.29) is 11.3 Å². The summed E-state index contributed by atoms with van der Waals surface area (Å²) in [5.41, 5.74) is 2.07. The van der Waals surface area contributed by atoms with Crippen molar-refractivity contribution >= 4 is 15.9 Å². The third-order valence-electron chi connectivity index (χ3n) is 3.44. The summed E-state index contributed by atoms with van der Waals surface area (Å²) in [5, 5.41) is 0. The van der Waals surface area contributed by atoms with E-state index in [1.165, 1.54) is 18.5 Å². The first-order valence-electron chi connectivity index (χ1n) is 7.72. The predicted octanol–water partition coefficient (Wildman–Crippen LogP) is 2.69. The molecule has 2 rings (SSSR count). The Morgan fingerprint density at radius 1 is 1.21 bits per heavy atom. The van der Waals surface area contributed by atoms with Crippen molar-refractivity contribution in [1.29, 1.82) is 0 Å². The molecule has 0 saturated heterocycles. The van der Waals surface area contributed by atoms with Gasteiger partial charge in [0.05, 0.1) is 10.6 Å². The third kappa shape index (κ3) is 4.86. The zero-order chi connectivity index (χ0) is 17.7. The van der Waals surface area contributed by atoms with Crippen LogP contribution in [0.5, 0.6) is 0 Å². The third-order valence-corrected chi connectivity index (χ3v) is 4.81. The number of hydrogen-bond acceptors (Lipinski definition) is 5. The van der Waals surface area contributed by atoms with Gasteiger partial charge in [-0.15, -0.1) is 0 Å². The van der Waals surface area contributed by atoms with Crippen molar-refractivity contribution in [3.63, 3.8) is 0 Å². The largest absolute Gasteiger partial charge is 0.274 e. The molecule has 0 atom stereocenters. The first-order valence-corrected chi connectivity index (χ1v) is 9.21. The summed E-state index contributed by atoms with van der Waals surface area (Å²) in [6.07, 6.45) is 2.25. The monoisotopic (exact) mass is 347 g/mol. The number of sulfonamides is 1. The fourth-order valence-electron chi connectivity index (χ4n) is 2.11. The van der Waals surface area contributed by atoms with Crippen LogP contribution >= 0.6 is 0 Å². The molecule has 0 aliphatic heterocycles. The zero-order valence-corrected chi connectivity index (χ0v) is 14.8. The summed E-state index contributed by atoms with van der Waals surface area (Å²) < 4.78 is 26.9. The molecule has 0 aliphatic carbocycles. The Balaban J connectivity index is 2.22. The lowest BCUT2D eigenvalue weighted by Gasteiger charge is -2.09. The number of nitrogens with one attached hydrogen (secondary N) is 1. The van der Waals surface area contributed by atoms with E-state index in [4.69, 9.17) is 0 Å². The topological polar surface area (TPSA) is 89.0 Å². The van der Waals surface area contributed by atoms with Crippen LogP contribution in [0.4, 0.5) is 0 Å². The zero-order valence-electron chi connectivity index (χ0n) is 14.0. The number of nitrogens with zero attached hydrogens (tertiary/aromatic N) is 2. The number of benzene rings is 1. The van der Waals surface area contributed by atoms with E-state index in [2.05, 4.69) is 14.7 Å². The smallest absolute Gasteiger partial charge is 0.264 e. The average molecular weight is 347 g/mol. The lowest BCUT2D eigenvalue weighted by atomic mass is 10.1. The summed E-state index contributed by atoms with van der Waals surface area (Å²) in [5.74, 6) is -0.158. The Hall–Kier alpha value is -2.28. The van der Waals surface area contributed by atoms with Crippen molar-refractivity contribution in [3.8, 4) is 11.3 Å². The summed E-state index contributed by atoms with van der Waals surface area (Å²) in [4.78, 5) is 20.0. The summed E-state index contributed by atoms with van der Waals surface area (Å²) in [6.45, 7) is 5.80. The van der Waals surface area contributed by atoms with E-state index in [1.807, 2.05) is 20.8 Å².